The van der Waals surface area contributed by atoms with Gasteiger partial charge in [0.15, 0.2) is 0 Å². The van der Waals surface area contributed by atoms with Crippen molar-refractivity contribution in [2.24, 2.45) is 5.41 Å². The summed E-state index contributed by atoms with van der Waals surface area (Å²) < 4.78 is 5.33. The van der Waals surface area contributed by atoms with Crippen LogP contribution < -0.4 is 15.0 Å². The number of hydrogen-bond acceptors (Lipinski definition) is 3. The van der Waals surface area contributed by atoms with E-state index in [9.17, 15) is 0 Å². The molecule has 112 valence electrons. The molecular formula is C17H28N2O. The van der Waals surface area contributed by atoms with Crippen LogP contribution in [0.2, 0.25) is 0 Å². The van der Waals surface area contributed by atoms with Crippen molar-refractivity contribution in [1.82, 2.24) is 5.32 Å². The Hall–Kier alpha value is -1.22. The summed E-state index contributed by atoms with van der Waals surface area (Å²) in [5.41, 5.74) is 1.66. The van der Waals surface area contributed by atoms with E-state index in [2.05, 4.69) is 42.5 Å². The standard InChI is InChI=1S/C17H28N2O/c1-18-13-17(10-5-4-6-11-17)14-19(2)15-8-7-9-16(12-15)20-3/h7-9,12,18H,4-6,10-11,13-14H2,1-3H3. The Bertz CT molecular complexity index is 408. The molecule has 1 N–H and O–H groups in total. The number of benzene rings is 1. The fourth-order valence-electron chi connectivity index (χ4n) is 3.51. The highest BCUT2D eigenvalue weighted by atomic mass is 16.5. The summed E-state index contributed by atoms with van der Waals surface area (Å²) in [6, 6.07) is 8.35. The van der Waals surface area contributed by atoms with Crippen molar-refractivity contribution < 1.29 is 4.74 Å². The third-order valence-corrected chi connectivity index (χ3v) is 4.53. The Morgan fingerprint density at radius 3 is 2.65 bits per heavy atom. The summed E-state index contributed by atoms with van der Waals surface area (Å²) >= 11 is 0. The van der Waals surface area contributed by atoms with Crippen LogP contribution >= 0.6 is 0 Å². The molecule has 3 heteroatoms. The second-order valence-corrected chi connectivity index (χ2v) is 6.15. The highest BCUT2D eigenvalue weighted by molar-refractivity contribution is 5.50. The van der Waals surface area contributed by atoms with E-state index >= 15 is 0 Å². The first kappa shape index (κ1) is 15.2. The molecule has 1 aromatic rings. The van der Waals surface area contributed by atoms with Crippen LogP contribution in [-0.4, -0.2) is 34.3 Å². The molecule has 1 aliphatic carbocycles. The van der Waals surface area contributed by atoms with Crippen molar-refractivity contribution in [3.05, 3.63) is 24.3 Å². The summed E-state index contributed by atoms with van der Waals surface area (Å²) in [5, 5.41) is 3.41. The van der Waals surface area contributed by atoms with E-state index in [1.807, 2.05) is 6.07 Å². The summed E-state index contributed by atoms with van der Waals surface area (Å²) in [6.07, 6.45) is 6.81. The molecule has 0 radical (unpaired) electrons. The molecule has 0 amide bonds. The summed E-state index contributed by atoms with van der Waals surface area (Å²) in [5.74, 6) is 0.931. The predicted molar refractivity (Wildman–Crippen MR) is 85.7 cm³/mol. The van der Waals surface area contributed by atoms with Crippen LogP contribution in [0.3, 0.4) is 0 Å². The minimum absolute atomic E-state index is 0.421. The second kappa shape index (κ2) is 6.98. The zero-order valence-corrected chi connectivity index (χ0v) is 13.1. The molecule has 0 unspecified atom stereocenters. The maximum atomic E-state index is 5.33. The van der Waals surface area contributed by atoms with Gasteiger partial charge in [0.2, 0.25) is 0 Å². The third kappa shape index (κ3) is 3.66. The van der Waals surface area contributed by atoms with Crippen molar-refractivity contribution in [1.29, 1.82) is 0 Å². The van der Waals surface area contributed by atoms with E-state index < -0.39 is 0 Å². The van der Waals surface area contributed by atoms with Crippen molar-refractivity contribution in [2.75, 3.05) is 39.2 Å². The first-order chi connectivity index (χ1) is 9.69. The van der Waals surface area contributed by atoms with Crippen LogP contribution in [0.1, 0.15) is 32.1 Å². The SMILES string of the molecule is CNCC1(CN(C)c2cccc(OC)c2)CCCCC1. The minimum Gasteiger partial charge on any atom is -0.497 e. The van der Waals surface area contributed by atoms with E-state index in [1.54, 1.807) is 7.11 Å². The lowest BCUT2D eigenvalue weighted by Gasteiger charge is -2.41. The molecule has 3 nitrogen and oxygen atoms in total. The normalized spacial score (nSPS) is 17.8. The van der Waals surface area contributed by atoms with Gasteiger partial charge in [-0.15, -0.1) is 0 Å². The smallest absolute Gasteiger partial charge is 0.120 e. The van der Waals surface area contributed by atoms with Crippen molar-refractivity contribution >= 4 is 5.69 Å². The molecule has 1 aromatic carbocycles. The zero-order chi connectivity index (χ0) is 14.4. The van der Waals surface area contributed by atoms with E-state index in [-0.39, 0.29) is 0 Å². The molecule has 1 aliphatic rings. The van der Waals surface area contributed by atoms with Crippen LogP contribution in [0.25, 0.3) is 0 Å². The molecule has 20 heavy (non-hydrogen) atoms. The molecule has 0 saturated heterocycles. The predicted octanol–water partition coefficient (Wildman–Crippen LogP) is 3.30. The molecule has 2 rings (SSSR count). The Morgan fingerprint density at radius 2 is 2.00 bits per heavy atom. The number of nitrogens with one attached hydrogen (secondary N) is 1. The summed E-state index contributed by atoms with van der Waals surface area (Å²) in [4.78, 5) is 2.38. The summed E-state index contributed by atoms with van der Waals surface area (Å²) in [7, 11) is 5.99. The van der Waals surface area contributed by atoms with Gasteiger partial charge in [-0.3, -0.25) is 0 Å². The third-order valence-electron chi connectivity index (χ3n) is 4.53. The lowest BCUT2D eigenvalue weighted by Crippen LogP contribution is -2.43. The highest BCUT2D eigenvalue weighted by Crippen LogP contribution is 2.37. The maximum absolute atomic E-state index is 5.33. The molecule has 1 saturated carbocycles. The lowest BCUT2D eigenvalue weighted by molar-refractivity contribution is 0.193. The average Bonchev–Trinajstić information content (AvgIpc) is 2.48. The number of anilines is 1. The van der Waals surface area contributed by atoms with Crippen LogP contribution in [0.15, 0.2) is 24.3 Å². The van der Waals surface area contributed by atoms with E-state index in [0.717, 1.165) is 18.8 Å². The van der Waals surface area contributed by atoms with Gasteiger partial charge in [-0.1, -0.05) is 25.3 Å². The maximum Gasteiger partial charge on any atom is 0.120 e. The van der Waals surface area contributed by atoms with Gasteiger partial charge in [0.25, 0.3) is 0 Å². The average molecular weight is 276 g/mol. The van der Waals surface area contributed by atoms with Gasteiger partial charge in [0, 0.05) is 37.3 Å². The van der Waals surface area contributed by atoms with Crippen LogP contribution in [0.5, 0.6) is 5.75 Å². The van der Waals surface area contributed by atoms with Gasteiger partial charge in [-0.05, 0) is 32.0 Å². The minimum atomic E-state index is 0.421. The quantitative estimate of drug-likeness (QED) is 0.863. The number of rotatable bonds is 6. The molecule has 0 aliphatic heterocycles. The number of ether oxygens (including phenoxy) is 1. The molecule has 0 atom stereocenters. The Morgan fingerprint density at radius 1 is 1.25 bits per heavy atom. The Balaban J connectivity index is 2.08. The van der Waals surface area contributed by atoms with Gasteiger partial charge in [-0.25, -0.2) is 0 Å². The fraction of sp³-hybridized carbons (Fsp3) is 0.647. The second-order valence-electron chi connectivity index (χ2n) is 6.15. The Labute approximate surface area is 123 Å². The van der Waals surface area contributed by atoms with Crippen LogP contribution in [0.4, 0.5) is 5.69 Å². The highest BCUT2D eigenvalue weighted by Gasteiger charge is 2.32. The first-order valence-electron chi connectivity index (χ1n) is 7.69. The van der Waals surface area contributed by atoms with Crippen LogP contribution in [0, 0.1) is 5.41 Å². The summed E-state index contributed by atoms with van der Waals surface area (Å²) in [6.45, 7) is 2.22. The van der Waals surface area contributed by atoms with Gasteiger partial charge in [0.1, 0.15) is 5.75 Å². The Kier molecular flexibility index (Phi) is 5.30. The number of nitrogens with zero attached hydrogens (tertiary/aromatic N) is 1. The molecule has 1 fully saturated rings. The number of methoxy groups -OCH3 is 1. The largest absolute Gasteiger partial charge is 0.497 e. The molecule has 0 heterocycles. The van der Waals surface area contributed by atoms with Gasteiger partial charge >= 0.3 is 0 Å². The fourth-order valence-corrected chi connectivity index (χ4v) is 3.51. The number of hydrogen-bond donors (Lipinski definition) is 1. The molecule has 0 aromatic heterocycles. The molecular weight excluding hydrogens is 248 g/mol. The topological polar surface area (TPSA) is 24.5 Å². The van der Waals surface area contributed by atoms with Gasteiger partial charge < -0.3 is 15.0 Å². The van der Waals surface area contributed by atoms with Gasteiger partial charge in [-0.2, -0.15) is 0 Å². The van der Waals surface area contributed by atoms with E-state index in [0.29, 0.717) is 5.41 Å². The lowest BCUT2D eigenvalue weighted by atomic mass is 9.73. The van der Waals surface area contributed by atoms with Crippen molar-refractivity contribution in [3.8, 4) is 5.75 Å². The van der Waals surface area contributed by atoms with Crippen molar-refractivity contribution in [2.45, 2.75) is 32.1 Å². The van der Waals surface area contributed by atoms with Crippen molar-refractivity contribution in [3.63, 3.8) is 0 Å². The monoisotopic (exact) mass is 276 g/mol. The molecule has 0 bridgehead atoms. The molecule has 0 spiro atoms. The van der Waals surface area contributed by atoms with E-state index in [4.69, 9.17) is 4.74 Å². The van der Waals surface area contributed by atoms with Crippen LogP contribution in [-0.2, 0) is 0 Å². The first-order valence-corrected chi connectivity index (χ1v) is 7.69. The van der Waals surface area contributed by atoms with Gasteiger partial charge in [0.05, 0.1) is 7.11 Å². The zero-order valence-electron chi connectivity index (χ0n) is 13.1. The van der Waals surface area contributed by atoms with E-state index in [1.165, 1.54) is 37.8 Å².